The Bertz CT molecular complexity index is 504. The first-order valence-corrected chi connectivity index (χ1v) is 6.69. The molecule has 0 amide bonds. The van der Waals surface area contributed by atoms with Crippen LogP contribution >= 0.6 is 11.3 Å². The molecule has 18 heavy (non-hydrogen) atoms. The molecule has 1 N–H and O–H groups in total. The van der Waals surface area contributed by atoms with Crippen molar-refractivity contribution in [3.63, 3.8) is 0 Å². The van der Waals surface area contributed by atoms with Gasteiger partial charge in [-0.2, -0.15) is 0 Å². The first-order valence-electron chi connectivity index (χ1n) is 5.88. The number of aliphatic hydroxyl groups is 1. The topological polar surface area (TPSA) is 58.9 Å². The molecular formula is C13H17N3OS. The van der Waals surface area contributed by atoms with Crippen molar-refractivity contribution in [2.24, 2.45) is 5.41 Å². The Morgan fingerprint density at radius 1 is 1.28 bits per heavy atom. The molecule has 4 nitrogen and oxygen atoms in total. The van der Waals surface area contributed by atoms with Gasteiger partial charge in [0.25, 0.3) is 0 Å². The zero-order valence-corrected chi connectivity index (χ0v) is 11.6. The summed E-state index contributed by atoms with van der Waals surface area (Å²) < 4.78 is 0. The minimum absolute atomic E-state index is 0.00691. The van der Waals surface area contributed by atoms with Crippen LogP contribution in [0.3, 0.4) is 0 Å². The molecule has 2 rings (SSSR count). The summed E-state index contributed by atoms with van der Waals surface area (Å²) in [6.45, 7) is 6.36. The summed E-state index contributed by atoms with van der Waals surface area (Å²) in [7, 11) is 0. The van der Waals surface area contributed by atoms with Crippen LogP contribution in [0.15, 0.2) is 24.4 Å². The van der Waals surface area contributed by atoms with Crippen LogP contribution in [0.2, 0.25) is 0 Å². The number of hydrogen-bond acceptors (Lipinski definition) is 5. The third-order valence-corrected chi connectivity index (χ3v) is 3.91. The Labute approximate surface area is 111 Å². The van der Waals surface area contributed by atoms with Gasteiger partial charge in [-0.1, -0.05) is 38.2 Å². The molecule has 5 heteroatoms. The maximum Gasteiger partial charge on any atom is 0.166 e. The molecule has 2 aromatic rings. The molecule has 0 fully saturated rings. The van der Waals surface area contributed by atoms with Crippen LogP contribution in [-0.4, -0.2) is 26.9 Å². The second kappa shape index (κ2) is 5.12. The van der Waals surface area contributed by atoms with Crippen molar-refractivity contribution in [3.8, 4) is 10.7 Å². The summed E-state index contributed by atoms with van der Waals surface area (Å²) in [4.78, 5) is 4.26. The van der Waals surface area contributed by atoms with Crippen LogP contribution in [-0.2, 0) is 0 Å². The Balaban J connectivity index is 2.31. The van der Waals surface area contributed by atoms with E-state index in [4.69, 9.17) is 0 Å². The minimum Gasteiger partial charge on any atom is -0.396 e. The van der Waals surface area contributed by atoms with Crippen molar-refractivity contribution in [3.05, 3.63) is 29.4 Å². The third kappa shape index (κ3) is 2.73. The van der Waals surface area contributed by atoms with E-state index in [1.54, 1.807) is 6.20 Å². The van der Waals surface area contributed by atoms with E-state index in [2.05, 4.69) is 36.0 Å². The minimum atomic E-state index is -0.0321. The highest BCUT2D eigenvalue weighted by Crippen LogP contribution is 2.37. The third-order valence-electron chi connectivity index (χ3n) is 2.85. The predicted octanol–water partition coefficient (Wildman–Crippen LogP) is 2.72. The van der Waals surface area contributed by atoms with E-state index in [0.717, 1.165) is 15.7 Å². The smallest absolute Gasteiger partial charge is 0.166 e. The largest absolute Gasteiger partial charge is 0.396 e. The van der Waals surface area contributed by atoms with E-state index in [-0.39, 0.29) is 17.9 Å². The van der Waals surface area contributed by atoms with E-state index in [1.807, 2.05) is 18.2 Å². The van der Waals surface area contributed by atoms with E-state index in [1.165, 1.54) is 11.3 Å². The van der Waals surface area contributed by atoms with Crippen LogP contribution in [0.5, 0.6) is 0 Å². The Morgan fingerprint density at radius 2 is 2.06 bits per heavy atom. The molecule has 0 saturated carbocycles. The molecule has 0 aromatic carbocycles. The average molecular weight is 263 g/mol. The molecule has 0 radical (unpaired) electrons. The van der Waals surface area contributed by atoms with Crippen molar-refractivity contribution in [1.29, 1.82) is 0 Å². The van der Waals surface area contributed by atoms with E-state index in [0.29, 0.717) is 0 Å². The van der Waals surface area contributed by atoms with E-state index < -0.39 is 0 Å². The first-order chi connectivity index (χ1) is 8.52. The van der Waals surface area contributed by atoms with E-state index in [9.17, 15) is 5.11 Å². The molecule has 0 spiro atoms. The SMILES string of the molecule is CC(C)(C)[C@@H](CO)c1nnc(-c2ccccn2)s1. The van der Waals surface area contributed by atoms with Crippen LogP contribution in [0, 0.1) is 5.41 Å². The van der Waals surface area contributed by atoms with Crippen LogP contribution in [0.1, 0.15) is 31.7 Å². The number of pyridine rings is 1. The Hall–Kier alpha value is -1.33. The molecule has 0 aliphatic carbocycles. The molecule has 1 atom stereocenters. The number of nitrogens with zero attached hydrogens (tertiary/aromatic N) is 3. The fourth-order valence-electron chi connectivity index (χ4n) is 1.69. The second-order valence-electron chi connectivity index (χ2n) is 5.26. The Kier molecular flexibility index (Phi) is 3.73. The number of rotatable bonds is 3. The standard InChI is InChI=1S/C13H17N3OS/c1-13(2,3)9(8-17)11-15-16-12(18-11)10-6-4-5-7-14-10/h4-7,9,17H,8H2,1-3H3/t9-/m0/s1. The molecule has 0 aliphatic heterocycles. The van der Waals surface area contributed by atoms with Gasteiger partial charge < -0.3 is 5.11 Å². The van der Waals surface area contributed by atoms with Crippen molar-refractivity contribution in [2.45, 2.75) is 26.7 Å². The van der Waals surface area contributed by atoms with Gasteiger partial charge in [0.15, 0.2) is 5.01 Å². The van der Waals surface area contributed by atoms with Gasteiger partial charge in [-0.25, -0.2) is 0 Å². The second-order valence-corrected chi connectivity index (χ2v) is 6.27. The first kappa shape index (κ1) is 13.1. The van der Waals surface area contributed by atoms with Crippen molar-refractivity contribution >= 4 is 11.3 Å². The molecule has 96 valence electrons. The molecule has 2 heterocycles. The van der Waals surface area contributed by atoms with Crippen LogP contribution < -0.4 is 0 Å². The fraction of sp³-hybridized carbons (Fsp3) is 0.462. The lowest BCUT2D eigenvalue weighted by atomic mass is 9.82. The van der Waals surface area contributed by atoms with Crippen LogP contribution in [0.25, 0.3) is 10.7 Å². The van der Waals surface area contributed by atoms with Crippen molar-refractivity contribution in [2.75, 3.05) is 6.61 Å². The van der Waals surface area contributed by atoms with Gasteiger partial charge >= 0.3 is 0 Å². The molecule has 2 aromatic heterocycles. The van der Waals surface area contributed by atoms with Gasteiger partial charge in [-0.3, -0.25) is 4.98 Å². The van der Waals surface area contributed by atoms with Gasteiger partial charge in [-0.05, 0) is 17.5 Å². The van der Waals surface area contributed by atoms with Gasteiger partial charge in [0, 0.05) is 12.1 Å². The van der Waals surface area contributed by atoms with Gasteiger partial charge in [0.2, 0.25) is 0 Å². The summed E-state index contributed by atoms with van der Waals surface area (Å²) in [5, 5.41) is 19.5. The number of hydrogen-bond donors (Lipinski definition) is 1. The monoisotopic (exact) mass is 263 g/mol. The molecule has 0 bridgehead atoms. The lowest BCUT2D eigenvalue weighted by molar-refractivity contribution is 0.186. The maximum atomic E-state index is 9.52. The molecule has 0 saturated heterocycles. The summed E-state index contributed by atoms with van der Waals surface area (Å²) in [6.07, 6.45) is 1.74. The van der Waals surface area contributed by atoms with Gasteiger partial charge in [-0.15, -0.1) is 10.2 Å². The maximum absolute atomic E-state index is 9.52. The number of aromatic nitrogens is 3. The number of aliphatic hydroxyl groups excluding tert-OH is 1. The zero-order chi connectivity index (χ0) is 13.2. The summed E-state index contributed by atoms with van der Waals surface area (Å²) in [5.41, 5.74) is 0.794. The normalized spacial score (nSPS) is 13.6. The molecule has 0 unspecified atom stereocenters. The van der Waals surface area contributed by atoms with Crippen LogP contribution in [0.4, 0.5) is 0 Å². The van der Waals surface area contributed by atoms with Crippen molar-refractivity contribution < 1.29 is 5.11 Å². The zero-order valence-electron chi connectivity index (χ0n) is 10.8. The molecule has 0 aliphatic rings. The Morgan fingerprint density at radius 3 is 2.61 bits per heavy atom. The average Bonchev–Trinajstić information content (AvgIpc) is 2.78. The highest BCUT2D eigenvalue weighted by molar-refractivity contribution is 7.14. The van der Waals surface area contributed by atoms with E-state index >= 15 is 0 Å². The highest BCUT2D eigenvalue weighted by atomic mass is 32.1. The van der Waals surface area contributed by atoms with Crippen molar-refractivity contribution in [1.82, 2.24) is 15.2 Å². The lowest BCUT2D eigenvalue weighted by Crippen LogP contribution is -2.21. The summed E-state index contributed by atoms with van der Waals surface area (Å²) in [6, 6.07) is 5.71. The fourth-order valence-corrected chi connectivity index (χ4v) is 2.85. The van der Waals surface area contributed by atoms with Gasteiger partial charge in [0.1, 0.15) is 10.7 Å². The summed E-state index contributed by atoms with van der Waals surface area (Å²) in [5.74, 6) is 0.00691. The quantitative estimate of drug-likeness (QED) is 0.925. The highest BCUT2D eigenvalue weighted by Gasteiger charge is 2.29. The van der Waals surface area contributed by atoms with Gasteiger partial charge in [0.05, 0.1) is 6.61 Å². The predicted molar refractivity (Wildman–Crippen MR) is 72.4 cm³/mol. The lowest BCUT2D eigenvalue weighted by Gasteiger charge is -2.26. The molecular weight excluding hydrogens is 246 g/mol. The summed E-state index contributed by atoms with van der Waals surface area (Å²) >= 11 is 1.50.